The molecule has 0 atom stereocenters. The number of anilines is 1. The SMILES string of the molecule is O=C(CSc1nnc(CN2CCCC2)n1-c1ccccc1)Nc1ccc(Cl)c([N+](=O)[O-])c1. The number of hydrogen-bond donors (Lipinski definition) is 1. The summed E-state index contributed by atoms with van der Waals surface area (Å²) in [6, 6.07) is 14.0. The first kappa shape index (κ1) is 22.3. The predicted molar refractivity (Wildman–Crippen MR) is 123 cm³/mol. The van der Waals surface area contributed by atoms with Crippen LogP contribution in [0.3, 0.4) is 0 Å². The van der Waals surface area contributed by atoms with E-state index in [-0.39, 0.29) is 22.4 Å². The molecule has 0 saturated carbocycles. The van der Waals surface area contributed by atoms with Crippen LogP contribution in [0.2, 0.25) is 5.02 Å². The Balaban J connectivity index is 1.48. The van der Waals surface area contributed by atoms with E-state index < -0.39 is 4.92 Å². The monoisotopic (exact) mass is 472 g/mol. The molecule has 166 valence electrons. The molecule has 1 amide bonds. The highest BCUT2D eigenvalue weighted by Gasteiger charge is 2.20. The lowest BCUT2D eigenvalue weighted by Crippen LogP contribution is -2.21. The van der Waals surface area contributed by atoms with E-state index in [0.717, 1.165) is 24.6 Å². The van der Waals surface area contributed by atoms with Crippen LogP contribution in [-0.4, -0.2) is 49.3 Å². The number of thioether (sulfide) groups is 1. The molecule has 2 aromatic carbocycles. The lowest BCUT2D eigenvalue weighted by atomic mass is 10.3. The minimum atomic E-state index is -0.586. The highest BCUT2D eigenvalue weighted by atomic mass is 35.5. The van der Waals surface area contributed by atoms with Crippen LogP contribution in [0.4, 0.5) is 11.4 Å². The number of nitrogens with zero attached hydrogens (tertiary/aromatic N) is 5. The molecule has 9 nitrogen and oxygen atoms in total. The van der Waals surface area contributed by atoms with Gasteiger partial charge in [0.05, 0.1) is 17.2 Å². The van der Waals surface area contributed by atoms with Gasteiger partial charge in [-0.25, -0.2) is 0 Å². The average molecular weight is 473 g/mol. The Bertz CT molecular complexity index is 1120. The van der Waals surface area contributed by atoms with E-state index >= 15 is 0 Å². The van der Waals surface area contributed by atoms with E-state index in [4.69, 9.17) is 11.6 Å². The first-order chi connectivity index (χ1) is 15.5. The summed E-state index contributed by atoms with van der Waals surface area (Å²) in [4.78, 5) is 25.3. The number of benzene rings is 2. The average Bonchev–Trinajstić information content (AvgIpc) is 3.44. The molecule has 1 saturated heterocycles. The summed E-state index contributed by atoms with van der Waals surface area (Å²) in [5, 5.41) is 23.1. The zero-order valence-corrected chi connectivity index (χ0v) is 18.7. The zero-order chi connectivity index (χ0) is 22.5. The fourth-order valence-corrected chi connectivity index (χ4v) is 4.49. The van der Waals surface area contributed by atoms with E-state index in [1.165, 1.54) is 42.8 Å². The van der Waals surface area contributed by atoms with Gasteiger partial charge in [-0.05, 0) is 50.2 Å². The number of likely N-dealkylation sites (tertiary alicyclic amines) is 1. The van der Waals surface area contributed by atoms with Gasteiger partial charge in [-0.3, -0.25) is 24.4 Å². The van der Waals surface area contributed by atoms with Crippen molar-refractivity contribution in [2.24, 2.45) is 0 Å². The predicted octanol–water partition coefficient (Wildman–Crippen LogP) is 4.16. The maximum absolute atomic E-state index is 12.5. The number of nitro groups is 1. The number of carbonyl (C=O) groups excluding carboxylic acids is 1. The molecule has 0 bridgehead atoms. The van der Waals surface area contributed by atoms with Crippen molar-refractivity contribution in [1.29, 1.82) is 0 Å². The van der Waals surface area contributed by atoms with Crippen LogP contribution in [0.1, 0.15) is 18.7 Å². The normalized spacial score (nSPS) is 13.9. The van der Waals surface area contributed by atoms with Gasteiger partial charge in [0.2, 0.25) is 5.91 Å². The maximum Gasteiger partial charge on any atom is 0.289 e. The van der Waals surface area contributed by atoms with Crippen molar-refractivity contribution in [2.45, 2.75) is 24.5 Å². The second-order valence-electron chi connectivity index (χ2n) is 7.31. The summed E-state index contributed by atoms with van der Waals surface area (Å²) < 4.78 is 1.98. The fourth-order valence-electron chi connectivity index (χ4n) is 3.53. The number of nitro benzene ring substituents is 1. The summed E-state index contributed by atoms with van der Waals surface area (Å²) in [7, 11) is 0. The molecule has 1 aliphatic rings. The van der Waals surface area contributed by atoms with Crippen LogP contribution >= 0.6 is 23.4 Å². The maximum atomic E-state index is 12.5. The summed E-state index contributed by atoms with van der Waals surface area (Å²) >= 11 is 7.09. The van der Waals surface area contributed by atoms with Gasteiger partial charge in [-0.2, -0.15) is 0 Å². The van der Waals surface area contributed by atoms with Crippen LogP contribution in [-0.2, 0) is 11.3 Å². The second kappa shape index (κ2) is 10.1. The van der Waals surface area contributed by atoms with Crippen molar-refractivity contribution in [3.63, 3.8) is 0 Å². The number of nitrogens with one attached hydrogen (secondary N) is 1. The van der Waals surface area contributed by atoms with E-state index in [1.54, 1.807) is 0 Å². The molecule has 32 heavy (non-hydrogen) atoms. The van der Waals surface area contributed by atoms with Gasteiger partial charge in [0.1, 0.15) is 5.02 Å². The largest absolute Gasteiger partial charge is 0.325 e. The smallest absolute Gasteiger partial charge is 0.289 e. The van der Waals surface area contributed by atoms with Crippen molar-refractivity contribution in [1.82, 2.24) is 19.7 Å². The van der Waals surface area contributed by atoms with Gasteiger partial charge in [0.25, 0.3) is 5.69 Å². The van der Waals surface area contributed by atoms with E-state index in [0.29, 0.717) is 17.4 Å². The van der Waals surface area contributed by atoms with Gasteiger partial charge < -0.3 is 5.32 Å². The standard InChI is InChI=1S/C21H21ClN6O3S/c22-17-9-8-15(12-18(17)28(30)31)23-20(29)14-32-21-25-24-19(13-26-10-4-5-11-26)27(21)16-6-2-1-3-7-16/h1-3,6-9,12H,4-5,10-11,13-14H2,(H,23,29). The molecule has 2 heterocycles. The molecule has 0 radical (unpaired) electrons. The third kappa shape index (κ3) is 5.26. The molecule has 0 aliphatic carbocycles. The minimum Gasteiger partial charge on any atom is -0.325 e. The second-order valence-corrected chi connectivity index (χ2v) is 8.66. The highest BCUT2D eigenvalue weighted by molar-refractivity contribution is 7.99. The third-order valence-corrected chi connectivity index (χ3v) is 6.29. The molecule has 11 heteroatoms. The third-order valence-electron chi connectivity index (χ3n) is 5.04. The number of aromatic nitrogens is 3. The molecule has 0 spiro atoms. The number of rotatable bonds is 8. The van der Waals surface area contributed by atoms with Crippen LogP contribution in [0.5, 0.6) is 0 Å². The topological polar surface area (TPSA) is 106 Å². The summed E-state index contributed by atoms with van der Waals surface area (Å²) in [5.74, 6) is 0.593. The van der Waals surface area contributed by atoms with Crippen LogP contribution < -0.4 is 5.32 Å². The first-order valence-electron chi connectivity index (χ1n) is 10.1. The zero-order valence-electron chi connectivity index (χ0n) is 17.1. The Morgan fingerprint density at radius 2 is 1.91 bits per heavy atom. The van der Waals surface area contributed by atoms with E-state index in [2.05, 4.69) is 20.4 Å². The minimum absolute atomic E-state index is 0.0175. The summed E-state index contributed by atoms with van der Waals surface area (Å²) in [6.07, 6.45) is 2.37. The Hall–Kier alpha value is -2.95. The van der Waals surface area contributed by atoms with Crippen molar-refractivity contribution in [2.75, 3.05) is 24.2 Å². The highest BCUT2D eigenvalue weighted by Crippen LogP contribution is 2.28. The van der Waals surface area contributed by atoms with Crippen LogP contribution in [0, 0.1) is 10.1 Å². The molecule has 3 aromatic rings. The quantitative estimate of drug-likeness (QED) is 0.298. The Labute approximate surface area is 193 Å². The fraction of sp³-hybridized carbons (Fsp3) is 0.286. The Kier molecular flexibility index (Phi) is 7.03. The number of hydrogen-bond acceptors (Lipinski definition) is 7. The van der Waals surface area contributed by atoms with Crippen molar-refractivity contribution < 1.29 is 9.72 Å². The number of carbonyl (C=O) groups is 1. The molecule has 1 aromatic heterocycles. The van der Waals surface area contributed by atoms with E-state index in [1.807, 2.05) is 34.9 Å². The van der Waals surface area contributed by atoms with E-state index in [9.17, 15) is 14.9 Å². The van der Waals surface area contributed by atoms with Gasteiger partial charge in [-0.1, -0.05) is 41.6 Å². The molecule has 0 unspecified atom stereocenters. The Morgan fingerprint density at radius 1 is 1.16 bits per heavy atom. The Morgan fingerprint density at radius 3 is 2.62 bits per heavy atom. The van der Waals surface area contributed by atoms with Gasteiger partial charge in [0, 0.05) is 17.4 Å². The number of amides is 1. The van der Waals surface area contributed by atoms with Gasteiger partial charge in [-0.15, -0.1) is 10.2 Å². The first-order valence-corrected chi connectivity index (χ1v) is 11.5. The summed E-state index contributed by atoms with van der Waals surface area (Å²) in [5.41, 5.74) is 0.987. The van der Waals surface area contributed by atoms with Gasteiger partial charge in [0.15, 0.2) is 11.0 Å². The van der Waals surface area contributed by atoms with Gasteiger partial charge >= 0.3 is 0 Å². The number of para-hydroxylation sites is 1. The van der Waals surface area contributed by atoms with Crippen molar-refractivity contribution >= 4 is 40.6 Å². The molecule has 4 rings (SSSR count). The summed E-state index contributed by atoms with van der Waals surface area (Å²) in [6.45, 7) is 2.78. The molecule has 1 aliphatic heterocycles. The lowest BCUT2D eigenvalue weighted by molar-refractivity contribution is -0.384. The van der Waals surface area contributed by atoms with Crippen molar-refractivity contribution in [3.05, 3.63) is 69.5 Å². The molecule has 1 fully saturated rings. The molecular formula is C21H21ClN6O3S. The molecule has 1 N–H and O–H groups in total. The van der Waals surface area contributed by atoms with Crippen LogP contribution in [0.15, 0.2) is 53.7 Å². The van der Waals surface area contributed by atoms with Crippen LogP contribution in [0.25, 0.3) is 5.69 Å². The molecular weight excluding hydrogens is 452 g/mol. The van der Waals surface area contributed by atoms with Crippen molar-refractivity contribution in [3.8, 4) is 5.69 Å². The number of halogens is 1. The lowest BCUT2D eigenvalue weighted by Gasteiger charge is -2.16.